The van der Waals surface area contributed by atoms with Crippen LogP contribution in [0.3, 0.4) is 0 Å². The lowest BCUT2D eigenvalue weighted by molar-refractivity contribution is -0.115. The number of hydrogen-bond acceptors (Lipinski definition) is 4. The Hall–Kier alpha value is -1.53. The maximum Gasteiger partial charge on any atom is 0.253 e. The normalized spacial score (nSPS) is 21.2. The zero-order valence-electron chi connectivity index (χ0n) is 12.7. The second-order valence-corrected chi connectivity index (χ2v) is 6.96. The highest BCUT2D eigenvalue weighted by Gasteiger charge is 2.27. The highest BCUT2D eigenvalue weighted by atomic mass is 32.2. The fourth-order valence-corrected chi connectivity index (χ4v) is 3.95. The highest BCUT2D eigenvalue weighted by molar-refractivity contribution is 7.99. The van der Waals surface area contributed by atoms with Crippen molar-refractivity contribution in [3.8, 4) is 0 Å². The molecule has 5 nitrogen and oxygen atoms in total. The SMILES string of the molecule is CNCC1CCN(C(=O)c2ccc3c(c2)NC(=O)CCS3)C1. The molecule has 1 fully saturated rings. The number of carbonyl (C=O) groups excluding carboxylic acids is 2. The summed E-state index contributed by atoms with van der Waals surface area (Å²) in [5.74, 6) is 1.39. The summed E-state index contributed by atoms with van der Waals surface area (Å²) in [6, 6.07) is 5.64. The number of benzene rings is 1. The molecule has 0 spiro atoms. The van der Waals surface area contributed by atoms with Gasteiger partial charge in [-0.1, -0.05) is 0 Å². The molecule has 2 N–H and O–H groups in total. The molecule has 0 saturated carbocycles. The number of likely N-dealkylation sites (tertiary alicyclic amines) is 1. The van der Waals surface area contributed by atoms with Crippen LogP contribution in [-0.4, -0.2) is 49.1 Å². The van der Waals surface area contributed by atoms with Crippen LogP contribution >= 0.6 is 11.8 Å². The van der Waals surface area contributed by atoms with E-state index in [9.17, 15) is 9.59 Å². The molecule has 3 rings (SSSR count). The second-order valence-electron chi connectivity index (χ2n) is 5.82. The van der Waals surface area contributed by atoms with Gasteiger partial charge in [-0.2, -0.15) is 0 Å². The number of fused-ring (bicyclic) bond motifs is 1. The van der Waals surface area contributed by atoms with Crippen LogP contribution in [0.1, 0.15) is 23.2 Å². The third-order valence-corrected chi connectivity index (χ3v) is 5.23. The predicted octanol–water partition coefficient (Wildman–Crippen LogP) is 1.80. The molecule has 1 saturated heterocycles. The molecule has 0 aromatic heterocycles. The molecule has 6 heteroatoms. The molecule has 118 valence electrons. The quantitative estimate of drug-likeness (QED) is 0.892. The van der Waals surface area contributed by atoms with Gasteiger partial charge in [-0.3, -0.25) is 9.59 Å². The summed E-state index contributed by atoms with van der Waals surface area (Å²) in [5, 5.41) is 6.07. The Morgan fingerprint density at radius 1 is 1.50 bits per heavy atom. The molecule has 1 atom stereocenters. The van der Waals surface area contributed by atoms with Crippen molar-refractivity contribution in [2.24, 2.45) is 5.92 Å². The maximum atomic E-state index is 12.6. The Kier molecular flexibility index (Phi) is 4.69. The van der Waals surface area contributed by atoms with E-state index in [2.05, 4.69) is 10.6 Å². The minimum atomic E-state index is 0.0195. The van der Waals surface area contributed by atoms with Crippen LogP contribution in [0.15, 0.2) is 23.1 Å². The topological polar surface area (TPSA) is 61.4 Å². The van der Waals surface area contributed by atoms with E-state index in [1.165, 1.54) is 0 Å². The first-order chi connectivity index (χ1) is 10.7. The van der Waals surface area contributed by atoms with Crippen molar-refractivity contribution in [3.63, 3.8) is 0 Å². The van der Waals surface area contributed by atoms with Crippen LogP contribution in [-0.2, 0) is 4.79 Å². The van der Waals surface area contributed by atoms with Crippen molar-refractivity contribution in [1.29, 1.82) is 0 Å². The summed E-state index contributed by atoms with van der Waals surface area (Å²) >= 11 is 1.66. The lowest BCUT2D eigenvalue weighted by atomic mass is 10.1. The van der Waals surface area contributed by atoms with E-state index in [0.717, 1.165) is 42.4 Å². The van der Waals surface area contributed by atoms with E-state index in [-0.39, 0.29) is 11.8 Å². The third kappa shape index (κ3) is 3.28. The molecule has 2 amide bonds. The van der Waals surface area contributed by atoms with Crippen LogP contribution in [0.5, 0.6) is 0 Å². The van der Waals surface area contributed by atoms with Crippen molar-refractivity contribution in [2.45, 2.75) is 17.7 Å². The average molecular weight is 319 g/mol. The molecular weight excluding hydrogens is 298 g/mol. The van der Waals surface area contributed by atoms with Gasteiger partial charge in [-0.15, -0.1) is 11.8 Å². The van der Waals surface area contributed by atoms with Gasteiger partial charge in [0.2, 0.25) is 5.91 Å². The van der Waals surface area contributed by atoms with Gasteiger partial charge in [0.1, 0.15) is 0 Å². The Morgan fingerprint density at radius 3 is 3.18 bits per heavy atom. The van der Waals surface area contributed by atoms with Gasteiger partial charge in [0, 0.05) is 35.7 Å². The van der Waals surface area contributed by atoms with Crippen LogP contribution in [0.25, 0.3) is 0 Å². The van der Waals surface area contributed by atoms with Crippen LogP contribution in [0.2, 0.25) is 0 Å². The minimum Gasteiger partial charge on any atom is -0.338 e. The van der Waals surface area contributed by atoms with E-state index < -0.39 is 0 Å². The van der Waals surface area contributed by atoms with E-state index in [1.807, 2.05) is 30.1 Å². The molecule has 0 bridgehead atoms. The first kappa shape index (κ1) is 15.4. The summed E-state index contributed by atoms with van der Waals surface area (Å²) in [6.45, 7) is 2.56. The molecule has 0 aliphatic carbocycles. The van der Waals surface area contributed by atoms with Gasteiger partial charge in [-0.05, 0) is 44.1 Å². The van der Waals surface area contributed by atoms with Gasteiger partial charge < -0.3 is 15.5 Å². The van der Waals surface area contributed by atoms with Gasteiger partial charge in [-0.25, -0.2) is 0 Å². The van der Waals surface area contributed by atoms with E-state index in [1.54, 1.807) is 11.8 Å². The zero-order valence-corrected chi connectivity index (χ0v) is 13.5. The van der Waals surface area contributed by atoms with Crippen LogP contribution in [0, 0.1) is 5.92 Å². The first-order valence-corrected chi connectivity index (χ1v) is 8.66. The molecule has 0 radical (unpaired) electrons. The molecular formula is C16H21N3O2S. The third-order valence-electron chi connectivity index (χ3n) is 4.15. The monoisotopic (exact) mass is 319 g/mol. The number of anilines is 1. The number of nitrogens with zero attached hydrogens (tertiary/aromatic N) is 1. The van der Waals surface area contributed by atoms with Gasteiger partial charge in [0.25, 0.3) is 5.91 Å². The van der Waals surface area contributed by atoms with E-state index in [4.69, 9.17) is 0 Å². The number of rotatable bonds is 3. The molecule has 2 heterocycles. The second kappa shape index (κ2) is 6.71. The Bertz CT molecular complexity index is 591. The Morgan fingerprint density at radius 2 is 2.36 bits per heavy atom. The largest absolute Gasteiger partial charge is 0.338 e. The van der Waals surface area contributed by atoms with Crippen molar-refractivity contribution in [2.75, 3.05) is 37.8 Å². The molecule has 2 aliphatic rings. The average Bonchev–Trinajstić information content (AvgIpc) is 2.88. The smallest absolute Gasteiger partial charge is 0.253 e. The fourth-order valence-electron chi connectivity index (χ4n) is 3.01. The number of amides is 2. The Balaban J connectivity index is 1.75. The van der Waals surface area contributed by atoms with Crippen LogP contribution in [0.4, 0.5) is 5.69 Å². The number of thioether (sulfide) groups is 1. The zero-order chi connectivity index (χ0) is 15.5. The Labute approximate surface area is 134 Å². The van der Waals surface area contributed by atoms with Gasteiger partial charge in [0.15, 0.2) is 0 Å². The first-order valence-electron chi connectivity index (χ1n) is 7.68. The number of carbonyl (C=O) groups is 2. The van der Waals surface area contributed by atoms with E-state index in [0.29, 0.717) is 17.9 Å². The lowest BCUT2D eigenvalue weighted by Gasteiger charge is -2.17. The molecule has 2 aliphatic heterocycles. The molecule has 1 unspecified atom stereocenters. The summed E-state index contributed by atoms with van der Waals surface area (Å²) in [7, 11) is 1.94. The number of nitrogens with one attached hydrogen (secondary N) is 2. The van der Waals surface area contributed by atoms with Gasteiger partial charge >= 0.3 is 0 Å². The summed E-state index contributed by atoms with van der Waals surface area (Å²) in [6.07, 6.45) is 1.56. The highest BCUT2D eigenvalue weighted by Crippen LogP contribution is 2.32. The van der Waals surface area contributed by atoms with Crippen molar-refractivity contribution in [3.05, 3.63) is 23.8 Å². The molecule has 22 heavy (non-hydrogen) atoms. The summed E-state index contributed by atoms with van der Waals surface area (Å²) in [5.41, 5.74) is 1.43. The van der Waals surface area contributed by atoms with E-state index >= 15 is 0 Å². The van der Waals surface area contributed by atoms with Crippen molar-refractivity contribution in [1.82, 2.24) is 10.2 Å². The van der Waals surface area contributed by atoms with Gasteiger partial charge in [0.05, 0.1) is 5.69 Å². The predicted molar refractivity (Wildman–Crippen MR) is 88.3 cm³/mol. The standard InChI is InChI=1S/C16H21N3O2S/c1-17-9-11-4-6-19(10-11)16(21)12-2-3-14-13(8-12)18-15(20)5-7-22-14/h2-3,8,11,17H,4-7,9-10H2,1H3,(H,18,20). The summed E-state index contributed by atoms with van der Waals surface area (Å²) in [4.78, 5) is 27.3. The lowest BCUT2D eigenvalue weighted by Crippen LogP contribution is -2.30. The van der Waals surface area contributed by atoms with Crippen molar-refractivity contribution >= 4 is 29.3 Å². The van der Waals surface area contributed by atoms with Crippen LogP contribution < -0.4 is 10.6 Å². The molecule has 1 aromatic carbocycles. The minimum absolute atomic E-state index is 0.0195. The summed E-state index contributed by atoms with van der Waals surface area (Å²) < 4.78 is 0. The maximum absolute atomic E-state index is 12.6. The fraction of sp³-hybridized carbons (Fsp3) is 0.500. The molecule has 1 aromatic rings. The number of hydrogen-bond donors (Lipinski definition) is 2. The van der Waals surface area contributed by atoms with Crippen molar-refractivity contribution < 1.29 is 9.59 Å².